The van der Waals surface area contributed by atoms with Gasteiger partial charge >= 0.3 is 5.76 Å². The van der Waals surface area contributed by atoms with E-state index in [0.717, 1.165) is 10.8 Å². The van der Waals surface area contributed by atoms with Crippen molar-refractivity contribution < 1.29 is 13.9 Å². The first-order valence-corrected chi connectivity index (χ1v) is 9.07. The van der Waals surface area contributed by atoms with Crippen LogP contribution in [0.5, 0.6) is 5.75 Å². The molecule has 0 radical (unpaired) electrons. The zero-order valence-electron chi connectivity index (χ0n) is 14.1. The predicted molar refractivity (Wildman–Crippen MR) is 102 cm³/mol. The summed E-state index contributed by atoms with van der Waals surface area (Å²) in [6.07, 6.45) is 0.155. The number of benzene rings is 2. The number of carbonyl (C=O) groups excluding carboxylic acids is 1. The second-order valence-electron chi connectivity index (χ2n) is 5.78. The molecule has 0 aliphatic carbocycles. The van der Waals surface area contributed by atoms with Crippen LogP contribution < -0.4 is 15.8 Å². The van der Waals surface area contributed by atoms with Crippen LogP contribution >= 0.6 is 11.3 Å². The Bertz CT molecular complexity index is 1130. The molecule has 0 saturated carbocycles. The minimum Gasteiger partial charge on any atom is -0.486 e. The molecule has 1 amide bonds. The van der Waals surface area contributed by atoms with Gasteiger partial charge in [0.15, 0.2) is 5.58 Å². The van der Waals surface area contributed by atoms with Gasteiger partial charge in [-0.3, -0.25) is 9.78 Å². The third kappa shape index (κ3) is 4.24. The highest BCUT2D eigenvalue weighted by Gasteiger charge is 2.10. The molecule has 2 aromatic carbocycles. The Morgan fingerprint density at radius 2 is 2.07 bits per heavy atom. The van der Waals surface area contributed by atoms with E-state index in [2.05, 4.69) is 15.3 Å². The average Bonchev–Trinajstić information content (AvgIpc) is 3.25. The first-order chi connectivity index (χ1) is 13.2. The third-order valence-electron chi connectivity index (χ3n) is 3.75. The van der Waals surface area contributed by atoms with Gasteiger partial charge in [-0.05, 0) is 30.3 Å². The van der Waals surface area contributed by atoms with Crippen molar-refractivity contribution in [1.29, 1.82) is 0 Å². The number of aromatic amines is 1. The van der Waals surface area contributed by atoms with Gasteiger partial charge in [-0.15, -0.1) is 11.3 Å². The molecule has 136 valence electrons. The van der Waals surface area contributed by atoms with Crippen molar-refractivity contribution in [3.8, 4) is 5.75 Å². The smallest absolute Gasteiger partial charge is 0.417 e. The summed E-state index contributed by atoms with van der Waals surface area (Å²) in [7, 11) is 0. The van der Waals surface area contributed by atoms with Crippen LogP contribution in [0.2, 0.25) is 0 Å². The minimum absolute atomic E-state index is 0.155. The molecule has 0 aliphatic rings. The number of oxazole rings is 1. The number of hydrogen-bond acceptors (Lipinski definition) is 6. The Morgan fingerprint density at radius 1 is 1.22 bits per heavy atom. The lowest BCUT2D eigenvalue weighted by Crippen LogP contribution is -2.14. The Morgan fingerprint density at radius 3 is 2.93 bits per heavy atom. The Hall–Kier alpha value is -3.39. The summed E-state index contributed by atoms with van der Waals surface area (Å²) >= 11 is 1.45. The Labute approximate surface area is 157 Å². The van der Waals surface area contributed by atoms with Gasteiger partial charge in [0.25, 0.3) is 0 Å². The standard InChI is InChI=1S/C19H15N3O4S/c23-17(20-12-6-7-16-15(8-12)22-19(24)26-16)9-13-11-27-18(21-13)10-25-14-4-2-1-3-5-14/h1-8,11H,9-10H2,(H,20,23)(H,22,24). The van der Waals surface area contributed by atoms with E-state index in [1.807, 2.05) is 35.7 Å². The normalized spacial score (nSPS) is 10.8. The molecule has 0 saturated heterocycles. The third-order valence-corrected chi connectivity index (χ3v) is 4.62. The van der Waals surface area contributed by atoms with Gasteiger partial charge in [0.1, 0.15) is 17.4 Å². The molecule has 2 N–H and O–H groups in total. The number of fused-ring (bicyclic) bond motifs is 1. The molecular formula is C19H15N3O4S. The van der Waals surface area contributed by atoms with Crippen LogP contribution in [0.15, 0.2) is 63.1 Å². The Kier molecular flexibility index (Phi) is 4.71. The minimum atomic E-state index is -0.527. The van der Waals surface area contributed by atoms with Gasteiger partial charge in [-0.25, -0.2) is 9.78 Å². The van der Waals surface area contributed by atoms with Crippen molar-refractivity contribution in [2.75, 3.05) is 5.32 Å². The number of rotatable bonds is 6. The number of nitrogens with zero attached hydrogens (tertiary/aromatic N) is 1. The van der Waals surface area contributed by atoms with Crippen LogP contribution in [0.4, 0.5) is 5.69 Å². The highest BCUT2D eigenvalue weighted by Crippen LogP contribution is 2.18. The van der Waals surface area contributed by atoms with E-state index < -0.39 is 5.76 Å². The zero-order chi connectivity index (χ0) is 18.6. The SMILES string of the molecule is O=C(Cc1csc(COc2ccccc2)n1)Nc1ccc2oc(=O)[nH]c2c1. The first-order valence-electron chi connectivity index (χ1n) is 8.19. The summed E-state index contributed by atoms with van der Waals surface area (Å²) in [4.78, 5) is 30.4. The van der Waals surface area contributed by atoms with Crippen molar-refractivity contribution >= 4 is 34.0 Å². The molecule has 0 spiro atoms. The van der Waals surface area contributed by atoms with Crippen LogP contribution in [0.25, 0.3) is 11.1 Å². The molecule has 2 aromatic heterocycles. The molecular weight excluding hydrogens is 366 g/mol. The van der Waals surface area contributed by atoms with Crippen LogP contribution in [-0.2, 0) is 17.8 Å². The second kappa shape index (κ2) is 7.46. The van der Waals surface area contributed by atoms with E-state index in [1.165, 1.54) is 11.3 Å². The van der Waals surface area contributed by atoms with Crippen molar-refractivity contribution in [2.24, 2.45) is 0 Å². The summed E-state index contributed by atoms with van der Waals surface area (Å²) in [6.45, 7) is 0.362. The highest BCUT2D eigenvalue weighted by molar-refractivity contribution is 7.09. The molecule has 0 aliphatic heterocycles. The summed E-state index contributed by atoms with van der Waals surface area (Å²) in [6, 6.07) is 14.5. The summed E-state index contributed by atoms with van der Waals surface area (Å²) in [5.74, 6) is 0.0573. The fraction of sp³-hybridized carbons (Fsp3) is 0.105. The van der Waals surface area contributed by atoms with E-state index in [-0.39, 0.29) is 12.3 Å². The number of nitrogens with one attached hydrogen (secondary N) is 2. The lowest BCUT2D eigenvalue weighted by molar-refractivity contribution is -0.115. The van der Waals surface area contributed by atoms with Crippen molar-refractivity contribution in [3.05, 3.63) is 75.2 Å². The van der Waals surface area contributed by atoms with Crippen molar-refractivity contribution in [3.63, 3.8) is 0 Å². The number of anilines is 1. The first kappa shape index (κ1) is 17.0. The highest BCUT2D eigenvalue weighted by atomic mass is 32.1. The van der Waals surface area contributed by atoms with Crippen LogP contribution in [0.1, 0.15) is 10.7 Å². The van der Waals surface area contributed by atoms with Crippen LogP contribution in [-0.4, -0.2) is 15.9 Å². The van der Waals surface area contributed by atoms with E-state index >= 15 is 0 Å². The monoisotopic (exact) mass is 381 g/mol. The number of thiazole rings is 1. The Balaban J connectivity index is 1.35. The van der Waals surface area contributed by atoms with Crippen molar-refractivity contribution in [1.82, 2.24) is 9.97 Å². The zero-order valence-corrected chi connectivity index (χ0v) is 14.9. The number of ether oxygens (including phenoxy) is 1. The largest absolute Gasteiger partial charge is 0.486 e. The quantitative estimate of drug-likeness (QED) is 0.534. The molecule has 0 fully saturated rings. The van der Waals surface area contributed by atoms with Gasteiger partial charge in [-0.2, -0.15) is 0 Å². The maximum absolute atomic E-state index is 12.2. The molecule has 0 unspecified atom stereocenters. The summed E-state index contributed by atoms with van der Waals surface area (Å²) < 4.78 is 10.6. The van der Waals surface area contributed by atoms with Crippen molar-refractivity contribution in [2.45, 2.75) is 13.0 Å². The lowest BCUT2D eigenvalue weighted by atomic mass is 10.2. The summed E-state index contributed by atoms with van der Waals surface area (Å²) in [5, 5.41) is 5.44. The number of amides is 1. The molecule has 2 heterocycles. The summed E-state index contributed by atoms with van der Waals surface area (Å²) in [5.41, 5.74) is 2.24. The van der Waals surface area contributed by atoms with E-state index in [4.69, 9.17) is 9.15 Å². The fourth-order valence-electron chi connectivity index (χ4n) is 2.56. The van der Waals surface area contributed by atoms with Gasteiger partial charge in [0, 0.05) is 11.1 Å². The molecule has 4 aromatic rings. The maximum Gasteiger partial charge on any atom is 0.417 e. The molecule has 4 rings (SSSR count). The number of carbonyl (C=O) groups is 1. The number of aromatic nitrogens is 2. The van der Waals surface area contributed by atoms with Gasteiger partial charge in [0.2, 0.25) is 5.91 Å². The lowest BCUT2D eigenvalue weighted by Gasteiger charge is -2.04. The van der Waals surface area contributed by atoms with E-state index in [1.54, 1.807) is 18.2 Å². The molecule has 0 atom stereocenters. The second-order valence-corrected chi connectivity index (χ2v) is 6.73. The molecule has 7 nitrogen and oxygen atoms in total. The van der Waals surface area contributed by atoms with Gasteiger partial charge in [-0.1, -0.05) is 18.2 Å². The molecule has 0 bridgehead atoms. The fourth-order valence-corrected chi connectivity index (χ4v) is 3.26. The number of hydrogen-bond donors (Lipinski definition) is 2. The van der Waals surface area contributed by atoms with Crippen LogP contribution in [0, 0.1) is 0 Å². The molecule has 8 heteroatoms. The number of H-pyrrole nitrogens is 1. The predicted octanol–water partition coefficient (Wildman–Crippen LogP) is 3.34. The van der Waals surface area contributed by atoms with E-state index in [9.17, 15) is 9.59 Å². The average molecular weight is 381 g/mol. The molecule has 27 heavy (non-hydrogen) atoms. The topological polar surface area (TPSA) is 97.2 Å². The van der Waals surface area contributed by atoms with Gasteiger partial charge in [0.05, 0.1) is 17.6 Å². The maximum atomic E-state index is 12.2. The van der Waals surface area contributed by atoms with E-state index in [0.29, 0.717) is 29.1 Å². The van der Waals surface area contributed by atoms with Crippen LogP contribution in [0.3, 0.4) is 0 Å². The van der Waals surface area contributed by atoms with Gasteiger partial charge < -0.3 is 14.5 Å². The number of para-hydroxylation sites is 1.